The van der Waals surface area contributed by atoms with Crippen LogP contribution in [0.5, 0.6) is 5.75 Å². The Hall–Kier alpha value is -1.46. The number of amides is 2. The quantitative estimate of drug-likeness (QED) is 0.793. The first-order valence-electron chi connectivity index (χ1n) is 8.27. The molecular weight excluding hydrogens is 316 g/mol. The Kier molecular flexibility index (Phi) is 5.28. The van der Waals surface area contributed by atoms with Gasteiger partial charge in [-0.25, -0.2) is 4.79 Å². The van der Waals surface area contributed by atoms with Crippen LogP contribution in [-0.2, 0) is 0 Å². The first kappa shape index (κ1) is 16.4. The molecule has 0 aromatic heterocycles. The van der Waals surface area contributed by atoms with Gasteiger partial charge in [-0.2, -0.15) is 0 Å². The Morgan fingerprint density at radius 1 is 1.35 bits per heavy atom. The third-order valence-electron chi connectivity index (χ3n) is 4.63. The van der Waals surface area contributed by atoms with Crippen LogP contribution in [0, 0.1) is 5.92 Å². The molecule has 0 radical (unpaired) electrons. The summed E-state index contributed by atoms with van der Waals surface area (Å²) in [4.78, 5) is 12.2. The topological polar surface area (TPSA) is 70.6 Å². The van der Waals surface area contributed by atoms with Crippen molar-refractivity contribution < 1.29 is 14.6 Å². The van der Waals surface area contributed by atoms with Gasteiger partial charge in [0, 0.05) is 12.1 Å². The molecule has 1 saturated carbocycles. The molecule has 126 valence electrons. The number of carbonyl (C=O) groups is 1. The maximum absolute atomic E-state index is 12.2. The van der Waals surface area contributed by atoms with Crippen LogP contribution in [0.1, 0.15) is 43.7 Å². The number of para-hydroxylation sites is 1. The van der Waals surface area contributed by atoms with E-state index >= 15 is 0 Å². The van der Waals surface area contributed by atoms with E-state index in [1.165, 1.54) is 0 Å². The largest absolute Gasteiger partial charge is 0.492 e. The lowest BCUT2D eigenvalue weighted by Crippen LogP contribution is -2.40. The molecule has 1 aromatic carbocycles. The molecule has 1 aliphatic carbocycles. The highest BCUT2D eigenvalue weighted by molar-refractivity contribution is 6.32. The van der Waals surface area contributed by atoms with Gasteiger partial charge in [0.15, 0.2) is 0 Å². The maximum Gasteiger partial charge on any atom is 0.315 e. The molecule has 0 saturated heterocycles. The zero-order valence-electron chi connectivity index (χ0n) is 13.1. The van der Waals surface area contributed by atoms with Gasteiger partial charge >= 0.3 is 6.03 Å². The normalized spacial score (nSPS) is 26.8. The fraction of sp³-hybridized carbons (Fsp3) is 0.588. The fourth-order valence-corrected chi connectivity index (χ4v) is 3.64. The second kappa shape index (κ2) is 7.41. The second-order valence-electron chi connectivity index (χ2n) is 6.39. The van der Waals surface area contributed by atoms with Crippen LogP contribution in [0.2, 0.25) is 5.02 Å². The number of ether oxygens (including phenoxy) is 1. The highest BCUT2D eigenvalue weighted by Crippen LogP contribution is 2.36. The number of hydrogen-bond acceptors (Lipinski definition) is 3. The zero-order valence-corrected chi connectivity index (χ0v) is 13.8. The highest BCUT2D eigenvalue weighted by Gasteiger charge is 2.25. The number of halogens is 1. The van der Waals surface area contributed by atoms with Crippen molar-refractivity contribution in [3.05, 3.63) is 28.8 Å². The van der Waals surface area contributed by atoms with Crippen molar-refractivity contribution in [1.82, 2.24) is 10.6 Å². The van der Waals surface area contributed by atoms with Gasteiger partial charge < -0.3 is 20.5 Å². The number of aliphatic hydroxyl groups is 1. The summed E-state index contributed by atoms with van der Waals surface area (Å²) in [7, 11) is 0. The van der Waals surface area contributed by atoms with E-state index in [9.17, 15) is 9.90 Å². The van der Waals surface area contributed by atoms with E-state index in [1.807, 2.05) is 12.1 Å². The van der Waals surface area contributed by atoms with E-state index in [1.54, 1.807) is 6.07 Å². The Morgan fingerprint density at radius 3 is 3.00 bits per heavy atom. The predicted octanol–water partition coefficient (Wildman–Crippen LogP) is 3.01. The van der Waals surface area contributed by atoms with Gasteiger partial charge in [0.05, 0.1) is 23.8 Å². The van der Waals surface area contributed by atoms with Crippen LogP contribution < -0.4 is 15.4 Å². The smallest absolute Gasteiger partial charge is 0.315 e. The van der Waals surface area contributed by atoms with Gasteiger partial charge in [-0.15, -0.1) is 0 Å². The molecule has 2 amide bonds. The second-order valence-corrected chi connectivity index (χ2v) is 6.80. The van der Waals surface area contributed by atoms with Gasteiger partial charge in [0.2, 0.25) is 0 Å². The SMILES string of the molecule is O=C(NC[C@@H]1CC[C@@H](O)C1)N[C@H]1CCCOc2c(Cl)cccc21. The molecule has 23 heavy (non-hydrogen) atoms. The molecule has 0 bridgehead atoms. The molecule has 1 heterocycles. The minimum atomic E-state index is -0.210. The van der Waals surface area contributed by atoms with E-state index < -0.39 is 0 Å². The molecule has 6 heteroatoms. The van der Waals surface area contributed by atoms with Gasteiger partial charge in [-0.05, 0) is 44.1 Å². The highest BCUT2D eigenvalue weighted by atomic mass is 35.5. The molecule has 3 atom stereocenters. The van der Waals surface area contributed by atoms with E-state index in [4.69, 9.17) is 16.3 Å². The molecule has 1 aliphatic heterocycles. The van der Waals surface area contributed by atoms with Crippen molar-refractivity contribution >= 4 is 17.6 Å². The van der Waals surface area contributed by atoms with E-state index in [0.717, 1.165) is 37.7 Å². The van der Waals surface area contributed by atoms with Crippen molar-refractivity contribution in [3.63, 3.8) is 0 Å². The number of benzene rings is 1. The molecular formula is C17H23ClN2O3. The average Bonchev–Trinajstić information content (AvgIpc) is 2.83. The molecule has 2 aliphatic rings. The first-order chi connectivity index (χ1) is 11.1. The summed E-state index contributed by atoms with van der Waals surface area (Å²) in [6, 6.07) is 5.35. The molecule has 0 unspecified atom stereocenters. The minimum absolute atomic E-state index is 0.0969. The van der Waals surface area contributed by atoms with Crippen molar-refractivity contribution in [1.29, 1.82) is 0 Å². The van der Waals surface area contributed by atoms with Gasteiger partial charge in [-0.1, -0.05) is 23.7 Å². The number of rotatable bonds is 3. The van der Waals surface area contributed by atoms with Crippen LogP contribution in [0.4, 0.5) is 4.79 Å². The van der Waals surface area contributed by atoms with Crippen LogP contribution >= 0.6 is 11.6 Å². The van der Waals surface area contributed by atoms with Crippen LogP contribution in [0.3, 0.4) is 0 Å². The standard InChI is InChI=1S/C17H23ClN2O3/c18-14-4-1-3-13-15(5-2-8-23-16(13)14)20-17(22)19-10-11-6-7-12(21)9-11/h1,3-4,11-12,15,21H,2,5-10H2,(H2,19,20,22)/t11-,12-,15+/m1/s1. The van der Waals surface area contributed by atoms with Gasteiger partial charge in [-0.3, -0.25) is 0 Å². The van der Waals surface area contributed by atoms with Crippen molar-refractivity contribution in [2.24, 2.45) is 5.92 Å². The summed E-state index contributed by atoms with van der Waals surface area (Å²) in [5.74, 6) is 1.05. The number of hydrogen-bond donors (Lipinski definition) is 3. The van der Waals surface area contributed by atoms with Crippen LogP contribution in [-0.4, -0.2) is 30.4 Å². The van der Waals surface area contributed by atoms with Gasteiger partial charge in [0.25, 0.3) is 0 Å². The van der Waals surface area contributed by atoms with Crippen molar-refractivity contribution in [2.75, 3.05) is 13.2 Å². The van der Waals surface area contributed by atoms with Crippen molar-refractivity contribution in [2.45, 2.75) is 44.2 Å². The summed E-state index contributed by atoms with van der Waals surface area (Å²) in [6.45, 7) is 1.21. The summed E-state index contributed by atoms with van der Waals surface area (Å²) < 4.78 is 5.71. The van der Waals surface area contributed by atoms with E-state index in [0.29, 0.717) is 29.8 Å². The summed E-state index contributed by atoms with van der Waals surface area (Å²) >= 11 is 6.20. The number of carbonyl (C=O) groups excluding carboxylic acids is 1. The van der Waals surface area contributed by atoms with E-state index in [2.05, 4.69) is 10.6 Å². The molecule has 1 aromatic rings. The van der Waals surface area contributed by atoms with E-state index in [-0.39, 0.29) is 18.2 Å². The Labute approximate surface area is 141 Å². The number of urea groups is 1. The number of nitrogens with one attached hydrogen (secondary N) is 2. The third-order valence-corrected chi connectivity index (χ3v) is 4.92. The molecule has 3 rings (SSSR count). The summed E-state index contributed by atoms with van der Waals surface area (Å²) in [5.41, 5.74) is 0.932. The zero-order chi connectivity index (χ0) is 16.2. The molecule has 3 N–H and O–H groups in total. The predicted molar refractivity (Wildman–Crippen MR) is 88.8 cm³/mol. The molecule has 5 nitrogen and oxygen atoms in total. The summed E-state index contributed by atoms with van der Waals surface area (Å²) in [5, 5.41) is 16.1. The summed E-state index contributed by atoms with van der Waals surface area (Å²) in [6.07, 6.45) is 4.05. The number of fused-ring (bicyclic) bond motifs is 1. The van der Waals surface area contributed by atoms with Crippen LogP contribution in [0.25, 0.3) is 0 Å². The Balaban J connectivity index is 1.59. The Morgan fingerprint density at radius 2 is 2.22 bits per heavy atom. The molecule has 1 fully saturated rings. The maximum atomic E-state index is 12.2. The van der Waals surface area contributed by atoms with Crippen LogP contribution in [0.15, 0.2) is 18.2 Å². The monoisotopic (exact) mass is 338 g/mol. The lowest BCUT2D eigenvalue weighted by molar-refractivity contribution is 0.177. The number of aliphatic hydroxyl groups excluding tert-OH is 1. The van der Waals surface area contributed by atoms with Crippen molar-refractivity contribution in [3.8, 4) is 5.75 Å². The molecule has 0 spiro atoms. The lowest BCUT2D eigenvalue weighted by atomic mass is 10.0. The average molecular weight is 339 g/mol. The first-order valence-corrected chi connectivity index (χ1v) is 8.65. The minimum Gasteiger partial charge on any atom is -0.492 e. The third kappa shape index (κ3) is 4.09. The Bertz CT molecular complexity index is 567. The lowest BCUT2D eigenvalue weighted by Gasteiger charge is -2.20. The van der Waals surface area contributed by atoms with Gasteiger partial charge in [0.1, 0.15) is 5.75 Å². The fourth-order valence-electron chi connectivity index (χ4n) is 3.40.